The van der Waals surface area contributed by atoms with Gasteiger partial charge in [-0.3, -0.25) is 9.59 Å². The Hall–Kier alpha value is -3.38. The summed E-state index contributed by atoms with van der Waals surface area (Å²) in [5.74, 6) is -0.129. The normalized spacial score (nSPS) is 10.8. The summed E-state index contributed by atoms with van der Waals surface area (Å²) >= 11 is 5.80. The molecule has 0 aromatic heterocycles. The number of benzene rings is 3. The summed E-state index contributed by atoms with van der Waals surface area (Å²) in [7, 11) is 0. The molecule has 3 aromatic carbocycles. The van der Waals surface area contributed by atoms with Crippen LogP contribution in [0.15, 0.2) is 65.8 Å². The predicted molar refractivity (Wildman–Crippen MR) is 115 cm³/mol. The minimum absolute atomic E-state index is 0.202. The quantitative estimate of drug-likeness (QED) is 0.460. The van der Waals surface area contributed by atoms with E-state index < -0.39 is 5.91 Å². The van der Waals surface area contributed by atoms with Crippen LogP contribution in [0, 0.1) is 0 Å². The Kier molecular flexibility index (Phi) is 6.81. The molecule has 2 amide bonds. The number of halogens is 1. The van der Waals surface area contributed by atoms with Crippen molar-refractivity contribution in [2.24, 2.45) is 5.10 Å². The van der Waals surface area contributed by atoms with Crippen LogP contribution in [0.5, 0.6) is 5.75 Å². The van der Waals surface area contributed by atoms with Crippen LogP contribution in [0.3, 0.4) is 0 Å². The third-order valence-corrected chi connectivity index (χ3v) is 4.38. The molecule has 0 spiro atoms. The molecule has 0 aliphatic heterocycles. The highest BCUT2D eigenvalue weighted by molar-refractivity contribution is 6.30. The second-order valence-electron chi connectivity index (χ2n) is 6.11. The Balaban J connectivity index is 1.63. The molecule has 0 aliphatic rings. The lowest BCUT2D eigenvalue weighted by Crippen LogP contribution is -2.34. The Labute approximate surface area is 173 Å². The molecule has 0 fully saturated rings. The van der Waals surface area contributed by atoms with E-state index >= 15 is 0 Å². The SMILES string of the molecule is CCOc1ccc2ccccc2c1/C=N\NC(=O)CNC(=O)c1ccc(Cl)cc1. The van der Waals surface area contributed by atoms with Crippen LogP contribution in [0.4, 0.5) is 0 Å². The molecule has 2 N–H and O–H groups in total. The van der Waals surface area contributed by atoms with Gasteiger partial charge < -0.3 is 10.1 Å². The Bertz CT molecular complexity index is 1050. The zero-order valence-electron chi connectivity index (χ0n) is 15.8. The van der Waals surface area contributed by atoms with Crippen molar-refractivity contribution >= 4 is 40.4 Å². The number of carbonyl (C=O) groups excluding carboxylic acids is 2. The molecule has 0 radical (unpaired) electrons. The van der Waals surface area contributed by atoms with Crippen molar-refractivity contribution in [2.45, 2.75) is 6.92 Å². The van der Waals surface area contributed by atoms with E-state index in [0.717, 1.165) is 16.3 Å². The molecule has 7 heteroatoms. The number of rotatable bonds is 7. The van der Waals surface area contributed by atoms with E-state index in [2.05, 4.69) is 15.8 Å². The van der Waals surface area contributed by atoms with Crippen molar-refractivity contribution in [3.05, 3.63) is 76.8 Å². The van der Waals surface area contributed by atoms with Crippen molar-refractivity contribution in [3.63, 3.8) is 0 Å². The first-order chi connectivity index (χ1) is 14.1. The zero-order valence-corrected chi connectivity index (χ0v) is 16.6. The lowest BCUT2D eigenvalue weighted by molar-refractivity contribution is -0.120. The minimum atomic E-state index is -0.443. The van der Waals surface area contributed by atoms with Crippen LogP contribution in [-0.4, -0.2) is 31.2 Å². The first kappa shape index (κ1) is 20.4. The fourth-order valence-corrected chi connectivity index (χ4v) is 2.89. The highest BCUT2D eigenvalue weighted by Gasteiger charge is 2.09. The molecular formula is C22H20ClN3O3. The molecule has 6 nitrogen and oxygen atoms in total. The van der Waals surface area contributed by atoms with Crippen molar-refractivity contribution < 1.29 is 14.3 Å². The standard InChI is InChI=1S/C22H20ClN3O3/c1-2-29-20-12-9-15-5-3-4-6-18(15)19(20)13-25-26-21(27)14-24-22(28)16-7-10-17(23)11-8-16/h3-13H,2,14H2,1H3,(H,24,28)(H,26,27)/b25-13-. The summed E-state index contributed by atoms with van der Waals surface area (Å²) in [4.78, 5) is 24.0. The molecule has 0 saturated carbocycles. The van der Waals surface area contributed by atoms with Crippen LogP contribution in [0.25, 0.3) is 10.8 Å². The molecule has 3 rings (SSSR count). The number of ether oxygens (including phenoxy) is 1. The third kappa shape index (κ3) is 5.33. The monoisotopic (exact) mass is 409 g/mol. The number of hydrazone groups is 1. The summed E-state index contributed by atoms with van der Waals surface area (Å²) in [5.41, 5.74) is 3.61. The maximum Gasteiger partial charge on any atom is 0.259 e. The van der Waals surface area contributed by atoms with Crippen molar-refractivity contribution in [1.29, 1.82) is 0 Å². The molecule has 148 valence electrons. The number of hydrogen-bond donors (Lipinski definition) is 2. The Morgan fingerprint density at radius 1 is 1.07 bits per heavy atom. The van der Waals surface area contributed by atoms with Gasteiger partial charge in [-0.05, 0) is 48.0 Å². The van der Waals surface area contributed by atoms with Gasteiger partial charge in [0.05, 0.1) is 19.4 Å². The van der Waals surface area contributed by atoms with Crippen LogP contribution in [0.2, 0.25) is 5.02 Å². The average molecular weight is 410 g/mol. The molecule has 0 atom stereocenters. The van der Waals surface area contributed by atoms with E-state index in [0.29, 0.717) is 22.9 Å². The highest BCUT2D eigenvalue weighted by Crippen LogP contribution is 2.26. The highest BCUT2D eigenvalue weighted by atomic mass is 35.5. The maximum atomic E-state index is 12.0. The maximum absolute atomic E-state index is 12.0. The molecule has 0 saturated heterocycles. The molecule has 0 bridgehead atoms. The smallest absolute Gasteiger partial charge is 0.259 e. The summed E-state index contributed by atoms with van der Waals surface area (Å²) < 4.78 is 5.67. The molecule has 0 heterocycles. The van der Waals surface area contributed by atoms with E-state index in [1.165, 1.54) is 0 Å². The first-order valence-electron chi connectivity index (χ1n) is 9.08. The number of amides is 2. The molecule has 0 unspecified atom stereocenters. The van der Waals surface area contributed by atoms with Gasteiger partial charge in [-0.1, -0.05) is 41.9 Å². The van der Waals surface area contributed by atoms with Crippen LogP contribution in [-0.2, 0) is 4.79 Å². The van der Waals surface area contributed by atoms with E-state index in [1.54, 1.807) is 30.5 Å². The van der Waals surface area contributed by atoms with Crippen LogP contribution in [0.1, 0.15) is 22.8 Å². The minimum Gasteiger partial charge on any atom is -0.493 e. The second-order valence-corrected chi connectivity index (χ2v) is 6.55. The first-order valence-corrected chi connectivity index (χ1v) is 9.46. The topological polar surface area (TPSA) is 79.8 Å². The van der Waals surface area contributed by atoms with Gasteiger partial charge in [0.1, 0.15) is 5.75 Å². The summed E-state index contributed by atoms with van der Waals surface area (Å²) in [6, 6.07) is 18.1. The molecule has 0 aliphatic carbocycles. The molecule has 3 aromatic rings. The van der Waals surface area contributed by atoms with Gasteiger partial charge in [-0.25, -0.2) is 5.43 Å². The van der Waals surface area contributed by atoms with Gasteiger partial charge in [0, 0.05) is 16.1 Å². The van der Waals surface area contributed by atoms with E-state index in [9.17, 15) is 9.59 Å². The third-order valence-electron chi connectivity index (χ3n) is 4.13. The zero-order chi connectivity index (χ0) is 20.6. The number of hydrogen-bond acceptors (Lipinski definition) is 4. The van der Waals surface area contributed by atoms with Gasteiger partial charge in [0.25, 0.3) is 11.8 Å². The Morgan fingerprint density at radius 2 is 1.83 bits per heavy atom. The fourth-order valence-electron chi connectivity index (χ4n) is 2.76. The second kappa shape index (κ2) is 9.71. The number of nitrogens with zero attached hydrogens (tertiary/aromatic N) is 1. The average Bonchev–Trinajstić information content (AvgIpc) is 2.74. The van der Waals surface area contributed by atoms with E-state index in [-0.39, 0.29) is 12.5 Å². The molecule has 29 heavy (non-hydrogen) atoms. The van der Waals surface area contributed by atoms with Crippen LogP contribution >= 0.6 is 11.6 Å². The van der Waals surface area contributed by atoms with Crippen LogP contribution < -0.4 is 15.5 Å². The summed E-state index contributed by atoms with van der Waals surface area (Å²) in [6.45, 7) is 2.22. The van der Waals surface area contributed by atoms with Gasteiger partial charge in [-0.2, -0.15) is 5.10 Å². The van der Waals surface area contributed by atoms with Crippen molar-refractivity contribution in [2.75, 3.05) is 13.2 Å². The van der Waals surface area contributed by atoms with Crippen molar-refractivity contribution in [3.8, 4) is 5.75 Å². The summed E-state index contributed by atoms with van der Waals surface area (Å²) in [5, 5.41) is 9.10. The van der Waals surface area contributed by atoms with E-state index in [4.69, 9.17) is 16.3 Å². The lowest BCUT2D eigenvalue weighted by atomic mass is 10.0. The van der Waals surface area contributed by atoms with E-state index in [1.807, 2.05) is 43.3 Å². The van der Waals surface area contributed by atoms with Gasteiger partial charge in [-0.15, -0.1) is 0 Å². The lowest BCUT2D eigenvalue weighted by Gasteiger charge is -2.10. The van der Waals surface area contributed by atoms with Gasteiger partial charge in [0.2, 0.25) is 0 Å². The molecular weight excluding hydrogens is 390 g/mol. The van der Waals surface area contributed by atoms with Gasteiger partial charge in [0.15, 0.2) is 0 Å². The number of nitrogens with one attached hydrogen (secondary N) is 2. The predicted octanol–water partition coefficient (Wildman–Crippen LogP) is 3.77. The Morgan fingerprint density at radius 3 is 2.59 bits per heavy atom. The largest absolute Gasteiger partial charge is 0.493 e. The number of carbonyl (C=O) groups is 2. The summed E-state index contributed by atoms with van der Waals surface area (Å²) in [6.07, 6.45) is 1.55. The van der Waals surface area contributed by atoms with Gasteiger partial charge >= 0.3 is 0 Å². The number of fused-ring (bicyclic) bond motifs is 1. The van der Waals surface area contributed by atoms with Crippen molar-refractivity contribution in [1.82, 2.24) is 10.7 Å². The fraction of sp³-hybridized carbons (Fsp3) is 0.136.